The lowest BCUT2D eigenvalue weighted by Gasteiger charge is -2.21. The standard InChI is InChI=1S/C17H21N5O/c1-3-21(2)16-14-6-9-22(10-7-15(14)19-12-20-16)17(23)13-5-4-8-18-11-13/h4-5,8,11-12H,3,6-7,9-10H2,1-2H3. The van der Waals surface area contributed by atoms with Crippen LogP contribution < -0.4 is 4.90 Å². The van der Waals surface area contributed by atoms with Gasteiger partial charge >= 0.3 is 0 Å². The lowest BCUT2D eigenvalue weighted by atomic mass is 10.1. The molecule has 2 aromatic rings. The Morgan fingerprint density at radius 1 is 1.30 bits per heavy atom. The number of nitrogens with zero attached hydrogens (tertiary/aromatic N) is 5. The lowest BCUT2D eigenvalue weighted by molar-refractivity contribution is 0.0762. The molecule has 23 heavy (non-hydrogen) atoms. The van der Waals surface area contributed by atoms with E-state index in [9.17, 15) is 4.79 Å². The summed E-state index contributed by atoms with van der Waals surface area (Å²) in [5.74, 6) is 1.01. The molecule has 6 heteroatoms. The molecule has 0 radical (unpaired) electrons. The molecule has 0 bridgehead atoms. The molecule has 1 amide bonds. The number of hydrogen-bond donors (Lipinski definition) is 0. The molecule has 120 valence electrons. The number of carbonyl (C=O) groups excluding carboxylic acids is 1. The Morgan fingerprint density at radius 3 is 2.87 bits per heavy atom. The van der Waals surface area contributed by atoms with Crippen LogP contribution in [0.1, 0.15) is 28.5 Å². The zero-order valence-electron chi connectivity index (χ0n) is 13.6. The second-order valence-electron chi connectivity index (χ2n) is 5.67. The Hall–Kier alpha value is -2.50. The number of amides is 1. The van der Waals surface area contributed by atoms with Crippen molar-refractivity contribution in [2.45, 2.75) is 19.8 Å². The van der Waals surface area contributed by atoms with Gasteiger partial charge in [-0.1, -0.05) is 0 Å². The first-order chi connectivity index (χ1) is 11.2. The highest BCUT2D eigenvalue weighted by Crippen LogP contribution is 2.23. The molecule has 1 aliphatic rings. The third kappa shape index (κ3) is 3.16. The molecule has 0 unspecified atom stereocenters. The number of pyridine rings is 1. The Bertz CT molecular complexity index is 689. The molecular formula is C17H21N5O. The van der Waals surface area contributed by atoms with Crippen LogP contribution in [0.15, 0.2) is 30.9 Å². The minimum Gasteiger partial charge on any atom is -0.360 e. The van der Waals surface area contributed by atoms with Gasteiger partial charge in [-0.15, -0.1) is 0 Å². The molecule has 3 heterocycles. The van der Waals surface area contributed by atoms with Crippen LogP contribution in [0.25, 0.3) is 0 Å². The fraction of sp³-hybridized carbons (Fsp3) is 0.412. The van der Waals surface area contributed by atoms with Crippen molar-refractivity contribution in [2.24, 2.45) is 0 Å². The summed E-state index contributed by atoms with van der Waals surface area (Å²) in [5.41, 5.74) is 2.85. The fourth-order valence-corrected chi connectivity index (χ4v) is 2.86. The maximum atomic E-state index is 12.6. The van der Waals surface area contributed by atoms with Crippen LogP contribution in [-0.4, -0.2) is 52.4 Å². The van der Waals surface area contributed by atoms with Gasteiger partial charge in [0, 0.05) is 51.1 Å². The first-order valence-corrected chi connectivity index (χ1v) is 7.94. The Kier molecular flexibility index (Phi) is 4.50. The van der Waals surface area contributed by atoms with Crippen LogP contribution in [0, 0.1) is 0 Å². The third-order valence-corrected chi connectivity index (χ3v) is 4.29. The lowest BCUT2D eigenvalue weighted by Crippen LogP contribution is -2.33. The molecule has 0 aromatic carbocycles. The SMILES string of the molecule is CCN(C)c1ncnc2c1CCN(C(=O)c1cccnc1)CC2. The average molecular weight is 311 g/mol. The molecule has 0 saturated heterocycles. The summed E-state index contributed by atoms with van der Waals surface area (Å²) in [6.45, 7) is 4.34. The van der Waals surface area contributed by atoms with Crippen molar-refractivity contribution in [1.29, 1.82) is 0 Å². The first kappa shape index (κ1) is 15.4. The summed E-state index contributed by atoms with van der Waals surface area (Å²) in [4.78, 5) is 29.5. The maximum Gasteiger partial charge on any atom is 0.255 e. The number of aromatic nitrogens is 3. The van der Waals surface area contributed by atoms with Crippen LogP contribution in [0.3, 0.4) is 0 Å². The van der Waals surface area contributed by atoms with Gasteiger partial charge in [-0.3, -0.25) is 9.78 Å². The normalized spacial score (nSPS) is 14.1. The van der Waals surface area contributed by atoms with E-state index in [1.165, 1.54) is 5.56 Å². The summed E-state index contributed by atoms with van der Waals surface area (Å²) in [6, 6.07) is 3.60. The van der Waals surface area contributed by atoms with Crippen molar-refractivity contribution in [3.05, 3.63) is 47.7 Å². The summed E-state index contributed by atoms with van der Waals surface area (Å²) < 4.78 is 0. The van der Waals surface area contributed by atoms with Gasteiger partial charge in [0.25, 0.3) is 5.91 Å². The molecule has 0 aliphatic carbocycles. The number of fused-ring (bicyclic) bond motifs is 1. The molecule has 0 atom stereocenters. The topological polar surface area (TPSA) is 62.2 Å². The Morgan fingerprint density at radius 2 is 2.13 bits per heavy atom. The van der Waals surface area contributed by atoms with E-state index in [0.717, 1.165) is 30.9 Å². The number of rotatable bonds is 3. The monoisotopic (exact) mass is 311 g/mol. The summed E-state index contributed by atoms with van der Waals surface area (Å²) in [5, 5.41) is 0. The number of anilines is 1. The van der Waals surface area contributed by atoms with Crippen molar-refractivity contribution in [3.8, 4) is 0 Å². The molecule has 3 rings (SSSR count). The zero-order valence-corrected chi connectivity index (χ0v) is 13.6. The van der Waals surface area contributed by atoms with E-state index in [1.54, 1.807) is 24.8 Å². The highest BCUT2D eigenvalue weighted by atomic mass is 16.2. The van der Waals surface area contributed by atoms with Crippen LogP contribution in [0.4, 0.5) is 5.82 Å². The van der Waals surface area contributed by atoms with Crippen molar-refractivity contribution >= 4 is 11.7 Å². The van der Waals surface area contributed by atoms with E-state index < -0.39 is 0 Å². The highest BCUT2D eigenvalue weighted by Gasteiger charge is 2.23. The molecule has 0 spiro atoms. The van der Waals surface area contributed by atoms with Gasteiger partial charge < -0.3 is 9.80 Å². The second-order valence-corrected chi connectivity index (χ2v) is 5.67. The molecule has 0 saturated carbocycles. The Labute approximate surface area is 136 Å². The first-order valence-electron chi connectivity index (χ1n) is 7.94. The van der Waals surface area contributed by atoms with Crippen LogP contribution >= 0.6 is 0 Å². The van der Waals surface area contributed by atoms with Crippen LogP contribution in [0.2, 0.25) is 0 Å². The van der Waals surface area contributed by atoms with E-state index in [1.807, 2.05) is 18.0 Å². The quantitative estimate of drug-likeness (QED) is 0.861. The molecular weight excluding hydrogens is 290 g/mol. The van der Waals surface area contributed by atoms with Crippen molar-refractivity contribution in [1.82, 2.24) is 19.9 Å². The third-order valence-electron chi connectivity index (χ3n) is 4.29. The second kappa shape index (κ2) is 6.73. The van der Waals surface area contributed by atoms with E-state index in [4.69, 9.17) is 0 Å². The van der Waals surface area contributed by atoms with Gasteiger partial charge in [-0.25, -0.2) is 9.97 Å². The smallest absolute Gasteiger partial charge is 0.255 e. The number of hydrogen-bond acceptors (Lipinski definition) is 5. The average Bonchev–Trinajstić information content (AvgIpc) is 2.83. The molecule has 0 fully saturated rings. The fourth-order valence-electron chi connectivity index (χ4n) is 2.86. The van der Waals surface area contributed by atoms with Gasteiger partial charge in [-0.2, -0.15) is 0 Å². The van der Waals surface area contributed by atoms with Gasteiger partial charge in [-0.05, 0) is 25.5 Å². The van der Waals surface area contributed by atoms with E-state index >= 15 is 0 Å². The minimum atomic E-state index is 0.0317. The van der Waals surface area contributed by atoms with Crippen molar-refractivity contribution < 1.29 is 4.79 Å². The van der Waals surface area contributed by atoms with Crippen molar-refractivity contribution in [2.75, 3.05) is 31.6 Å². The van der Waals surface area contributed by atoms with E-state index in [0.29, 0.717) is 18.7 Å². The minimum absolute atomic E-state index is 0.0317. The predicted octanol–water partition coefficient (Wildman–Crippen LogP) is 1.57. The van der Waals surface area contributed by atoms with Crippen molar-refractivity contribution in [3.63, 3.8) is 0 Å². The Balaban J connectivity index is 1.82. The van der Waals surface area contributed by atoms with E-state index in [2.05, 4.69) is 26.8 Å². The van der Waals surface area contributed by atoms with Gasteiger partial charge in [0.2, 0.25) is 0 Å². The highest BCUT2D eigenvalue weighted by molar-refractivity contribution is 5.93. The van der Waals surface area contributed by atoms with Crippen LogP contribution in [0.5, 0.6) is 0 Å². The zero-order chi connectivity index (χ0) is 16.2. The molecule has 6 nitrogen and oxygen atoms in total. The summed E-state index contributed by atoms with van der Waals surface area (Å²) in [6.07, 6.45) is 6.46. The number of carbonyl (C=O) groups is 1. The molecule has 2 aromatic heterocycles. The molecule has 0 N–H and O–H groups in total. The van der Waals surface area contributed by atoms with Gasteiger partial charge in [0.05, 0.1) is 11.3 Å². The summed E-state index contributed by atoms with van der Waals surface area (Å²) >= 11 is 0. The largest absolute Gasteiger partial charge is 0.360 e. The van der Waals surface area contributed by atoms with Gasteiger partial charge in [0.15, 0.2) is 0 Å². The van der Waals surface area contributed by atoms with Crippen LogP contribution in [-0.2, 0) is 12.8 Å². The van der Waals surface area contributed by atoms with E-state index in [-0.39, 0.29) is 5.91 Å². The summed E-state index contributed by atoms with van der Waals surface area (Å²) in [7, 11) is 2.03. The van der Waals surface area contributed by atoms with Gasteiger partial charge in [0.1, 0.15) is 12.1 Å². The molecule has 1 aliphatic heterocycles. The predicted molar refractivity (Wildman–Crippen MR) is 88.5 cm³/mol. The maximum absolute atomic E-state index is 12.6.